The van der Waals surface area contributed by atoms with Gasteiger partial charge in [0.1, 0.15) is 0 Å². The number of hydrogen-bond donors (Lipinski definition) is 0. The summed E-state index contributed by atoms with van der Waals surface area (Å²) in [5.74, 6) is 0.385. The van der Waals surface area contributed by atoms with Gasteiger partial charge in [-0.25, -0.2) is 0 Å². The van der Waals surface area contributed by atoms with Gasteiger partial charge in [0.05, 0.1) is 46.8 Å². The van der Waals surface area contributed by atoms with Crippen LogP contribution in [0.2, 0.25) is 0 Å². The molecule has 1 aliphatic rings. The highest BCUT2D eigenvalue weighted by Gasteiger charge is 2.30. The summed E-state index contributed by atoms with van der Waals surface area (Å²) in [6.07, 6.45) is 1.52. The van der Waals surface area contributed by atoms with Crippen LogP contribution in [0.15, 0.2) is 12.1 Å². The SMILES string of the molecule is CCOC(=O)C1CCCN(C(=O)CN(C)C(=O)Cc2cc(OC)c(OC)c(OC)c2)C1. The molecule has 0 bridgehead atoms. The van der Waals surface area contributed by atoms with E-state index in [4.69, 9.17) is 18.9 Å². The van der Waals surface area contributed by atoms with E-state index in [-0.39, 0.29) is 36.7 Å². The normalized spacial score (nSPS) is 15.8. The molecule has 31 heavy (non-hydrogen) atoms. The van der Waals surface area contributed by atoms with Crippen molar-refractivity contribution in [2.24, 2.45) is 5.92 Å². The average Bonchev–Trinajstić information content (AvgIpc) is 2.78. The standard InChI is InChI=1S/C22H32N2O7/c1-6-31-22(27)16-8-7-9-24(13-16)20(26)14-23(2)19(25)12-15-10-17(28-3)21(30-5)18(11-15)29-4/h10-11,16H,6-9,12-14H2,1-5H3. The van der Waals surface area contributed by atoms with E-state index in [1.165, 1.54) is 26.2 Å². The molecular formula is C22H32N2O7. The molecule has 0 aromatic heterocycles. The summed E-state index contributed by atoms with van der Waals surface area (Å²) >= 11 is 0. The fraction of sp³-hybridized carbons (Fsp3) is 0.591. The highest BCUT2D eigenvalue weighted by Crippen LogP contribution is 2.38. The summed E-state index contributed by atoms with van der Waals surface area (Å²) in [7, 11) is 6.12. The maximum atomic E-state index is 12.7. The minimum atomic E-state index is -0.308. The number of rotatable bonds is 9. The van der Waals surface area contributed by atoms with Crippen molar-refractivity contribution >= 4 is 17.8 Å². The lowest BCUT2D eigenvalue weighted by molar-refractivity contribution is -0.152. The third kappa shape index (κ3) is 6.26. The number of carbonyl (C=O) groups is 3. The fourth-order valence-electron chi connectivity index (χ4n) is 3.59. The molecule has 2 rings (SSSR count). The zero-order chi connectivity index (χ0) is 23.0. The van der Waals surface area contributed by atoms with Crippen LogP contribution < -0.4 is 14.2 Å². The van der Waals surface area contributed by atoms with E-state index in [0.29, 0.717) is 48.9 Å². The Hall–Kier alpha value is -2.97. The Labute approximate surface area is 183 Å². The van der Waals surface area contributed by atoms with Gasteiger partial charge in [-0.1, -0.05) is 0 Å². The quantitative estimate of drug-likeness (QED) is 0.542. The van der Waals surface area contributed by atoms with Crippen molar-refractivity contribution in [2.75, 3.05) is 54.6 Å². The Kier molecular flexibility index (Phi) is 8.96. The lowest BCUT2D eigenvalue weighted by Gasteiger charge is -2.32. The molecule has 1 heterocycles. The number of ether oxygens (including phenoxy) is 4. The molecule has 2 amide bonds. The summed E-state index contributed by atoms with van der Waals surface area (Å²) in [6.45, 7) is 2.93. The maximum Gasteiger partial charge on any atom is 0.310 e. The van der Waals surface area contributed by atoms with Crippen LogP contribution in [0, 0.1) is 5.92 Å². The van der Waals surface area contributed by atoms with Crippen LogP contribution in [0.3, 0.4) is 0 Å². The maximum absolute atomic E-state index is 12.7. The highest BCUT2D eigenvalue weighted by molar-refractivity contribution is 5.86. The molecule has 1 aromatic rings. The van der Waals surface area contributed by atoms with Gasteiger partial charge in [0, 0.05) is 20.1 Å². The van der Waals surface area contributed by atoms with Crippen molar-refractivity contribution in [3.8, 4) is 17.2 Å². The summed E-state index contributed by atoms with van der Waals surface area (Å²) in [5, 5.41) is 0. The molecule has 0 radical (unpaired) electrons. The molecule has 1 aliphatic heterocycles. The van der Waals surface area contributed by atoms with Crippen molar-refractivity contribution in [1.82, 2.24) is 9.80 Å². The Bertz CT molecular complexity index is 771. The second-order valence-electron chi connectivity index (χ2n) is 7.39. The molecule has 1 aromatic carbocycles. The van der Waals surface area contributed by atoms with Gasteiger partial charge in [0.2, 0.25) is 17.6 Å². The number of hydrogen-bond acceptors (Lipinski definition) is 7. The van der Waals surface area contributed by atoms with Crippen molar-refractivity contribution in [3.05, 3.63) is 17.7 Å². The van der Waals surface area contributed by atoms with Gasteiger partial charge >= 0.3 is 5.97 Å². The number of likely N-dealkylation sites (N-methyl/N-ethyl adjacent to an activating group) is 1. The van der Waals surface area contributed by atoms with Gasteiger partial charge in [-0.2, -0.15) is 0 Å². The first-order valence-electron chi connectivity index (χ1n) is 10.3. The predicted octanol–water partition coefficient (Wildman–Crippen LogP) is 1.52. The molecule has 172 valence electrons. The third-order valence-electron chi connectivity index (χ3n) is 5.27. The monoisotopic (exact) mass is 436 g/mol. The number of esters is 1. The Morgan fingerprint density at radius 1 is 1.10 bits per heavy atom. The van der Waals surface area contributed by atoms with Crippen LogP contribution in [0.1, 0.15) is 25.3 Å². The minimum Gasteiger partial charge on any atom is -0.493 e. The zero-order valence-corrected chi connectivity index (χ0v) is 18.9. The number of amides is 2. The van der Waals surface area contributed by atoms with Crippen LogP contribution in [0.25, 0.3) is 0 Å². The Balaban J connectivity index is 1.99. The van der Waals surface area contributed by atoms with Gasteiger partial charge in [0.25, 0.3) is 0 Å². The van der Waals surface area contributed by atoms with E-state index in [0.717, 1.165) is 6.42 Å². The Morgan fingerprint density at radius 3 is 2.29 bits per heavy atom. The fourth-order valence-corrected chi connectivity index (χ4v) is 3.59. The second kappa shape index (κ2) is 11.4. The number of methoxy groups -OCH3 is 3. The summed E-state index contributed by atoms with van der Waals surface area (Å²) in [4.78, 5) is 40.4. The van der Waals surface area contributed by atoms with E-state index in [2.05, 4.69) is 0 Å². The van der Waals surface area contributed by atoms with Crippen LogP contribution in [0.5, 0.6) is 17.2 Å². The molecule has 0 spiro atoms. The third-order valence-corrected chi connectivity index (χ3v) is 5.27. The smallest absolute Gasteiger partial charge is 0.310 e. The Morgan fingerprint density at radius 2 is 1.74 bits per heavy atom. The molecule has 0 N–H and O–H groups in total. The molecule has 1 unspecified atom stereocenters. The number of benzene rings is 1. The first-order valence-corrected chi connectivity index (χ1v) is 10.3. The van der Waals surface area contributed by atoms with E-state index in [9.17, 15) is 14.4 Å². The lowest BCUT2D eigenvalue weighted by atomic mass is 9.98. The summed E-state index contributed by atoms with van der Waals surface area (Å²) in [6, 6.07) is 3.42. The zero-order valence-electron chi connectivity index (χ0n) is 18.9. The van der Waals surface area contributed by atoms with Gasteiger partial charge in [-0.15, -0.1) is 0 Å². The average molecular weight is 437 g/mol. The molecule has 9 heteroatoms. The van der Waals surface area contributed by atoms with E-state index < -0.39 is 0 Å². The van der Waals surface area contributed by atoms with E-state index in [1.54, 1.807) is 31.0 Å². The summed E-state index contributed by atoms with van der Waals surface area (Å²) < 4.78 is 21.0. The molecule has 1 fully saturated rings. The number of carbonyl (C=O) groups excluding carboxylic acids is 3. The van der Waals surface area contributed by atoms with Crippen LogP contribution in [-0.4, -0.2) is 82.2 Å². The number of nitrogens with zero attached hydrogens (tertiary/aromatic N) is 2. The number of piperidine rings is 1. The first-order chi connectivity index (χ1) is 14.8. The van der Waals surface area contributed by atoms with Crippen LogP contribution in [-0.2, 0) is 25.5 Å². The largest absolute Gasteiger partial charge is 0.493 e. The highest BCUT2D eigenvalue weighted by atomic mass is 16.5. The van der Waals surface area contributed by atoms with Crippen molar-refractivity contribution < 1.29 is 33.3 Å². The molecule has 0 saturated carbocycles. The van der Waals surface area contributed by atoms with Crippen molar-refractivity contribution in [2.45, 2.75) is 26.2 Å². The number of likely N-dealkylation sites (tertiary alicyclic amines) is 1. The summed E-state index contributed by atoms with van der Waals surface area (Å²) in [5.41, 5.74) is 0.680. The first kappa shape index (κ1) is 24.3. The molecular weight excluding hydrogens is 404 g/mol. The van der Waals surface area contributed by atoms with Gasteiger partial charge < -0.3 is 28.7 Å². The van der Waals surface area contributed by atoms with Crippen molar-refractivity contribution in [1.29, 1.82) is 0 Å². The second-order valence-corrected chi connectivity index (χ2v) is 7.39. The van der Waals surface area contributed by atoms with Crippen LogP contribution in [0.4, 0.5) is 0 Å². The molecule has 9 nitrogen and oxygen atoms in total. The lowest BCUT2D eigenvalue weighted by Crippen LogP contribution is -2.47. The van der Waals surface area contributed by atoms with Gasteiger partial charge in [-0.05, 0) is 37.5 Å². The van der Waals surface area contributed by atoms with Gasteiger partial charge in [-0.3, -0.25) is 14.4 Å². The van der Waals surface area contributed by atoms with Gasteiger partial charge in [0.15, 0.2) is 11.5 Å². The molecule has 1 atom stereocenters. The van der Waals surface area contributed by atoms with Crippen molar-refractivity contribution in [3.63, 3.8) is 0 Å². The molecule has 0 aliphatic carbocycles. The predicted molar refractivity (Wildman–Crippen MR) is 113 cm³/mol. The van der Waals surface area contributed by atoms with Crippen LogP contribution >= 0.6 is 0 Å². The van der Waals surface area contributed by atoms with E-state index in [1.807, 2.05) is 0 Å². The van der Waals surface area contributed by atoms with E-state index >= 15 is 0 Å². The minimum absolute atomic E-state index is 0.0567. The topological polar surface area (TPSA) is 94.6 Å². The molecule has 1 saturated heterocycles.